The lowest BCUT2D eigenvalue weighted by molar-refractivity contribution is -0.140. The van der Waals surface area contributed by atoms with E-state index in [2.05, 4.69) is 26.0 Å². The largest absolute Gasteiger partial charge is 0.417 e. The Morgan fingerprint density at radius 3 is 2.30 bits per heavy atom. The highest BCUT2D eigenvalue weighted by Gasteiger charge is 2.38. The van der Waals surface area contributed by atoms with Gasteiger partial charge in [-0.1, -0.05) is 15.9 Å². The lowest BCUT2D eigenvalue weighted by Crippen LogP contribution is -2.49. The number of sulfonamides is 1. The maximum atomic E-state index is 13.3. The van der Waals surface area contributed by atoms with Crippen LogP contribution in [0.2, 0.25) is 0 Å². The Kier molecular flexibility index (Phi) is 8.60. The molecule has 1 aromatic rings. The highest BCUT2D eigenvalue weighted by atomic mass is 79.9. The first-order chi connectivity index (χ1) is 13.6. The molecule has 0 spiro atoms. The zero-order valence-corrected chi connectivity index (χ0v) is 19.3. The Bertz CT molecular complexity index is 856. The number of carbonyl (C=O) groups excluding carboxylic acids is 1. The number of carbonyl (C=O) groups is 1. The Labute approximate surface area is 188 Å². The second kappa shape index (κ2) is 10.2. The number of hydrogen-bond acceptors (Lipinski definition) is 4. The summed E-state index contributed by atoms with van der Waals surface area (Å²) >= 11 is 2.95. The maximum absolute atomic E-state index is 13.3. The van der Waals surface area contributed by atoms with Gasteiger partial charge in [0.2, 0.25) is 15.9 Å². The Morgan fingerprint density at radius 2 is 1.73 bits per heavy atom. The summed E-state index contributed by atoms with van der Waals surface area (Å²) in [6.45, 7) is 2.40. The number of alkyl halides is 3. The van der Waals surface area contributed by atoms with E-state index >= 15 is 0 Å². The fourth-order valence-electron chi connectivity index (χ4n) is 3.79. The Morgan fingerprint density at radius 1 is 1.13 bits per heavy atom. The van der Waals surface area contributed by atoms with Gasteiger partial charge in [-0.25, -0.2) is 13.1 Å². The first-order valence-corrected chi connectivity index (χ1v) is 11.7. The molecule has 1 aromatic carbocycles. The highest BCUT2D eigenvalue weighted by Crippen LogP contribution is 2.36. The molecule has 170 valence electrons. The Balaban J connectivity index is 0.00000320. The lowest BCUT2D eigenvalue weighted by Gasteiger charge is -2.35. The molecule has 12 heteroatoms. The zero-order valence-electron chi connectivity index (χ0n) is 16.0. The second-order valence-electron chi connectivity index (χ2n) is 7.38. The van der Waals surface area contributed by atoms with Crippen LogP contribution in [0.4, 0.5) is 13.2 Å². The van der Waals surface area contributed by atoms with Gasteiger partial charge in [-0.3, -0.25) is 4.79 Å². The van der Waals surface area contributed by atoms with E-state index in [1.165, 1.54) is 6.07 Å². The maximum Gasteiger partial charge on any atom is 0.417 e. The molecule has 0 saturated carbocycles. The molecule has 6 nitrogen and oxygen atoms in total. The van der Waals surface area contributed by atoms with Crippen molar-refractivity contribution in [3.63, 3.8) is 0 Å². The number of benzene rings is 1. The average molecular weight is 535 g/mol. The fraction of sp³-hybridized carbons (Fsp3) is 0.611. The topological polar surface area (TPSA) is 78.5 Å². The van der Waals surface area contributed by atoms with E-state index in [9.17, 15) is 26.4 Å². The summed E-state index contributed by atoms with van der Waals surface area (Å²) < 4.78 is 67.7. The summed E-state index contributed by atoms with van der Waals surface area (Å²) in [6.07, 6.45) is -2.48. The molecule has 0 aromatic heterocycles. The monoisotopic (exact) mass is 533 g/mol. The molecule has 0 unspecified atom stereocenters. The molecule has 2 heterocycles. The van der Waals surface area contributed by atoms with Crippen molar-refractivity contribution in [2.45, 2.75) is 42.8 Å². The molecule has 1 amide bonds. The SMILES string of the molecule is Cl.O=C(C1CCNCC1)N1CCC(NS(=O)(=O)c2ccc(Br)cc2C(F)(F)F)CC1. The minimum absolute atomic E-state index is 0. The number of nitrogens with one attached hydrogen (secondary N) is 2. The van der Waals surface area contributed by atoms with Gasteiger partial charge in [0.15, 0.2) is 0 Å². The van der Waals surface area contributed by atoms with Gasteiger partial charge in [0, 0.05) is 29.5 Å². The van der Waals surface area contributed by atoms with E-state index in [-0.39, 0.29) is 28.7 Å². The molecule has 0 radical (unpaired) electrons. The quantitative estimate of drug-likeness (QED) is 0.622. The standard InChI is InChI=1S/C18H23BrF3N3O3S.ClH/c19-13-1-2-16(15(11-13)18(20,21)22)29(27,28)24-14-5-9-25(10-6-14)17(26)12-3-7-23-8-4-12;/h1-2,11-12,14,23-24H,3-10H2;1H. The Hall–Kier alpha value is -0.880. The predicted molar refractivity (Wildman–Crippen MR) is 112 cm³/mol. The van der Waals surface area contributed by atoms with Gasteiger partial charge in [-0.2, -0.15) is 13.2 Å². The van der Waals surface area contributed by atoms with Crippen LogP contribution in [0.15, 0.2) is 27.6 Å². The molecule has 2 fully saturated rings. The first-order valence-electron chi connectivity index (χ1n) is 9.46. The van der Waals surface area contributed by atoms with Gasteiger partial charge >= 0.3 is 6.18 Å². The van der Waals surface area contributed by atoms with Gasteiger partial charge in [0.05, 0.1) is 10.5 Å². The summed E-state index contributed by atoms with van der Waals surface area (Å²) in [5.74, 6) is 0.0710. The van der Waals surface area contributed by atoms with Crippen LogP contribution in [-0.4, -0.2) is 51.4 Å². The summed E-state index contributed by atoms with van der Waals surface area (Å²) in [5.41, 5.74) is -1.21. The number of rotatable bonds is 4. The van der Waals surface area contributed by atoms with Crippen LogP contribution in [0.25, 0.3) is 0 Å². The molecule has 2 aliphatic rings. The molecule has 0 aliphatic carbocycles. The van der Waals surface area contributed by atoms with Gasteiger partial charge in [-0.05, 0) is 57.0 Å². The van der Waals surface area contributed by atoms with E-state index in [4.69, 9.17) is 0 Å². The zero-order chi connectivity index (χ0) is 21.2. The molecule has 0 atom stereocenters. The first kappa shape index (κ1) is 25.4. The van der Waals surface area contributed by atoms with Crippen molar-refractivity contribution in [1.82, 2.24) is 14.9 Å². The molecular formula is C18H24BrClF3N3O3S. The van der Waals surface area contributed by atoms with Gasteiger partial charge in [-0.15, -0.1) is 12.4 Å². The molecule has 2 N–H and O–H groups in total. The number of halogens is 5. The van der Waals surface area contributed by atoms with Crippen molar-refractivity contribution < 1.29 is 26.4 Å². The fourth-order valence-corrected chi connectivity index (χ4v) is 5.66. The number of likely N-dealkylation sites (tertiary alicyclic amines) is 1. The lowest BCUT2D eigenvalue weighted by atomic mass is 9.95. The minimum Gasteiger partial charge on any atom is -0.342 e. The van der Waals surface area contributed by atoms with E-state index in [0.717, 1.165) is 38.1 Å². The predicted octanol–water partition coefficient (Wildman–Crippen LogP) is 3.16. The van der Waals surface area contributed by atoms with Crippen molar-refractivity contribution >= 4 is 44.3 Å². The third-order valence-corrected chi connectivity index (χ3v) is 7.43. The van der Waals surface area contributed by atoms with Crippen molar-refractivity contribution in [3.05, 3.63) is 28.2 Å². The van der Waals surface area contributed by atoms with E-state index in [1.54, 1.807) is 4.90 Å². The van der Waals surface area contributed by atoms with Crippen molar-refractivity contribution in [2.24, 2.45) is 5.92 Å². The molecule has 2 saturated heterocycles. The van der Waals surface area contributed by atoms with Crippen molar-refractivity contribution in [1.29, 1.82) is 0 Å². The van der Waals surface area contributed by atoms with Gasteiger partial charge in [0.25, 0.3) is 0 Å². The molecule has 3 rings (SSSR count). The summed E-state index contributed by atoms with van der Waals surface area (Å²) in [6, 6.07) is 2.46. The third kappa shape index (κ3) is 6.09. The summed E-state index contributed by atoms with van der Waals surface area (Å²) in [7, 11) is -4.35. The van der Waals surface area contributed by atoms with Crippen LogP contribution in [0, 0.1) is 5.92 Å². The third-order valence-electron chi connectivity index (χ3n) is 5.35. The summed E-state index contributed by atoms with van der Waals surface area (Å²) in [5, 5.41) is 3.21. The molecule has 0 bridgehead atoms. The van der Waals surface area contributed by atoms with Crippen LogP contribution in [0.1, 0.15) is 31.2 Å². The van der Waals surface area contributed by atoms with Crippen molar-refractivity contribution in [2.75, 3.05) is 26.2 Å². The normalized spacial score (nSPS) is 19.4. The summed E-state index contributed by atoms with van der Waals surface area (Å²) in [4.78, 5) is 13.5. The number of amides is 1. The smallest absolute Gasteiger partial charge is 0.342 e. The van der Waals surface area contributed by atoms with Crippen LogP contribution in [0.3, 0.4) is 0 Å². The minimum atomic E-state index is -4.79. The van der Waals surface area contributed by atoms with Gasteiger partial charge in [0.1, 0.15) is 0 Å². The number of piperidine rings is 2. The van der Waals surface area contributed by atoms with Crippen molar-refractivity contribution in [3.8, 4) is 0 Å². The molecule has 30 heavy (non-hydrogen) atoms. The van der Waals surface area contributed by atoms with E-state index in [1.807, 2.05) is 0 Å². The molecule has 2 aliphatic heterocycles. The number of nitrogens with zero attached hydrogens (tertiary/aromatic N) is 1. The van der Waals surface area contributed by atoms with E-state index in [0.29, 0.717) is 25.9 Å². The van der Waals surface area contributed by atoms with Crippen LogP contribution < -0.4 is 10.0 Å². The van der Waals surface area contributed by atoms with Gasteiger partial charge < -0.3 is 10.2 Å². The molecular weight excluding hydrogens is 511 g/mol. The highest BCUT2D eigenvalue weighted by molar-refractivity contribution is 9.10. The van der Waals surface area contributed by atoms with Crippen LogP contribution in [0.5, 0.6) is 0 Å². The number of hydrogen-bond donors (Lipinski definition) is 2. The average Bonchev–Trinajstić information content (AvgIpc) is 2.67. The van der Waals surface area contributed by atoms with Crippen LogP contribution in [-0.2, 0) is 21.0 Å². The van der Waals surface area contributed by atoms with Crippen LogP contribution >= 0.6 is 28.3 Å². The second-order valence-corrected chi connectivity index (χ2v) is 9.98. The van der Waals surface area contributed by atoms with E-state index < -0.39 is 32.7 Å².